The number of ether oxygens (including phenoxy) is 9. The van der Waals surface area contributed by atoms with E-state index in [0.29, 0.717) is 38.5 Å². The Bertz CT molecular complexity index is 1900. The fourth-order valence-corrected chi connectivity index (χ4v) is 10.5. The number of rotatable bonds is 42. The van der Waals surface area contributed by atoms with E-state index in [1.54, 1.807) is 20.8 Å². The number of carbonyl (C=O) groups is 5. The van der Waals surface area contributed by atoms with Crippen molar-refractivity contribution in [3.8, 4) is 0 Å². The zero-order valence-corrected chi connectivity index (χ0v) is 50.4. The zero-order chi connectivity index (χ0) is 63.0. The van der Waals surface area contributed by atoms with E-state index in [-0.39, 0.29) is 69.4 Å². The van der Waals surface area contributed by atoms with Crippen LogP contribution in [-0.4, -0.2) is 274 Å². The second-order valence-corrected chi connectivity index (χ2v) is 25.6. The fraction of sp³-hybridized carbons (Fsp3) is 0.909. The van der Waals surface area contributed by atoms with Gasteiger partial charge in [0.2, 0.25) is 5.91 Å². The summed E-state index contributed by atoms with van der Waals surface area (Å²) in [6, 6.07) is -0.853. The van der Waals surface area contributed by atoms with Crippen molar-refractivity contribution in [1.29, 1.82) is 0 Å². The van der Waals surface area contributed by atoms with Gasteiger partial charge in [0.1, 0.15) is 68.8 Å². The van der Waals surface area contributed by atoms with Crippen LogP contribution in [0.4, 0.5) is 0 Å². The number of aliphatic hydroxyl groups is 10. The van der Waals surface area contributed by atoms with E-state index in [2.05, 4.69) is 0 Å². The van der Waals surface area contributed by atoms with Crippen LogP contribution in [0.25, 0.3) is 0 Å². The van der Waals surface area contributed by atoms with Crippen LogP contribution < -0.4 is 0 Å². The largest absolute Gasteiger partial charge is 0.394 e. The van der Waals surface area contributed by atoms with Crippen molar-refractivity contribution in [2.45, 2.75) is 203 Å². The number of amides is 1. The molecule has 85 heavy (non-hydrogen) atoms. The molecule has 4 heterocycles. The third kappa shape index (κ3) is 24.0. The number of unbranched alkanes of at least 4 members (excludes halogenated alkanes) is 3. The van der Waals surface area contributed by atoms with Gasteiger partial charge in [0, 0.05) is 75.2 Å². The summed E-state index contributed by atoms with van der Waals surface area (Å²) in [7, 11) is -4.17. The molecule has 7 unspecified atom stereocenters. The predicted molar refractivity (Wildman–Crippen MR) is 292 cm³/mol. The van der Waals surface area contributed by atoms with E-state index in [1.165, 1.54) is 18.7 Å². The minimum Gasteiger partial charge on any atom is -0.394 e. The van der Waals surface area contributed by atoms with Gasteiger partial charge in [0.15, 0.2) is 36.2 Å². The Kier molecular flexibility index (Phi) is 33.2. The summed E-state index contributed by atoms with van der Waals surface area (Å²) in [5.74, 6) is -4.33. The molecule has 0 bridgehead atoms. The van der Waals surface area contributed by atoms with Crippen LogP contribution in [0.5, 0.6) is 0 Å². The van der Waals surface area contributed by atoms with Crippen LogP contribution in [0, 0.1) is 23.2 Å². The molecule has 11 N–H and O–H groups in total. The molecule has 1 amide bonds. The Morgan fingerprint density at radius 2 is 0.929 bits per heavy atom. The highest BCUT2D eigenvalue weighted by molar-refractivity contribution is 7.53. The highest BCUT2D eigenvalue weighted by atomic mass is 31.2. The van der Waals surface area contributed by atoms with E-state index in [0.717, 1.165) is 0 Å². The summed E-state index contributed by atoms with van der Waals surface area (Å²) in [6.45, 7) is 3.20. The minimum absolute atomic E-state index is 0.000305. The van der Waals surface area contributed by atoms with Gasteiger partial charge < -0.3 is 103 Å². The normalized spacial score (nSPS) is 32.3. The average molecular weight is 1250 g/mol. The molecule has 4 aliphatic heterocycles. The first kappa shape index (κ1) is 75.0. The van der Waals surface area contributed by atoms with Gasteiger partial charge in [-0.1, -0.05) is 34.6 Å². The number of carbonyl (C=O) groups excluding carboxylic acids is 5. The Morgan fingerprint density at radius 1 is 0.565 bits per heavy atom. The molecule has 4 aliphatic rings. The SMILES string of the molecule is CC1[C@H](OCCCCC(=O)COCC(COCC(=O)CCCCO[C@@H]2OC(CO)[C@H](O)[C@H](O)C2C)(COCC(=O)CCCCO[C@@H]2OC(CO)[C@H](O)[C@H](O)C2C)CC(=O)CC(=O)N2C[C@H](O)C[C@H]2COOP(=O)(O)C(C)C)OC(CO)[C@H](O)[C@@H]1O. The summed E-state index contributed by atoms with van der Waals surface area (Å²) >= 11 is 0. The minimum atomic E-state index is -4.17. The van der Waals surface area contributed by atoms with Crippen molar-refractivity contribution < 1.29 is 137 Å². The monoisotopic (exact) mass is 1250 g/mol. The Hall–Kier alpha value is -2.50. The summed E-state index contributed by atoms with van der Waals surface area (Å²) in [4.78, 5) is 84.1. The molecule has 0 radical (unpaired) electrons. The molecule has 0 aliphatic carbocycles. The molecule has 29 nitrogen and oxygen atoms in total. The van der Waals surface area contributed by atoms with Crippen molar-refractivity contribution in [3.63, 3.8) is 0 Å². The zero-order valence-electron chi connectivity index (χ0n) is 49.5. The third-order valence-corrected chi connectivity index (χ3v) is 17.3. The molecule has 4 rings (SSSR count). The van der Waals surface area contributed by atoms with Crippen LogP contribution in [0.15, 0.2) is 0 Å². The maximum Gasteiger partial charge on any atom is 0.357 e. The molecule has 0 spiro atoms. The number of β-amino-alcohol motifs (C(OH)–C–C–N with tert-alkyl or cyclic N) is 1. The van der Waals surface area contributed by atoms with Crippen LogP contribution in [0.1, 0.15) is 112 Å². The summed E-state index contributed by atoms with van der Waals surface area (Å²) in [5.41, 5.74) is -2.35. The lowest BCUT2D eigenvalue weighted by atomic mass is 9.84. The number of nitrogens with zero attached hydrogens (tertiary/aromatic N) is 1. The lowest BCUT2D eigenvalue weighted by Gasteiger charge is -2.40. The molecule has 0 aromatic carbocycles. The van der Waals surface area contributed by atoms with Gasteiger partial charge in [0.05, 0.1) is 82.2 Å². The molecule has 494 valence electrons. The topological polar surface area (TPSA) is 430 Å². The van der Waals surface area contributed by atoms with Gasteiger partial charge in [-0.25, -0.2) is 4.89 Å². The standard InChI is InChI=1S/C55H96NO28P/c1-32(2)85(72,73)84-80-25-36-18-41(64)21-56(36)45(65)19-40(63)20-55(29-74-26-37(60)12-6-9-15-77-52-33(3)46(66)49(69)42(22-57)81-52,30-75-27-38(61)13-7-10-16-78-53-34(4)47(67)50(70)43(23-58)82-53)31-76-28-39(62)14-8-11-17-79-54-35(5)48(68)51(71)44(24-59)83-54/h32-36,41-44,46-54,57-59,64,66-71H,6-31H2,1-5H3,(H,72,73)/t33?,34?,35?,36-,41+,42?,43?,44?,46+,47+,48+,49-,50-,51-,52+,53+,54+,55?/m0/s1. The van der Waals surface area contributed by atoms with Gasteiger partial charge in [-0.2, -0.15) is 0 Å². The lowest BCUT2D eigenvalue weighted by Crippen LogP contribution is -2.55. The maximum absolute atomic E-state index is 14.2. The van der Waals surface area contributed by atoms with Crippen LogP contribution >= 0.6 is 7.60 Å². The first-order valence-corrected chi connectivity index (χ1v) is 31.1. The summed E-state index contributed by atoms with van der Waals surface area (Å²) in [5, 5.41) is 101. The number of likely N-dealkylation sites (tertiary alicyclic amines) is 1. The van der Waals surface area contributed by atoms with Gasteiger partial charge in [-0.3, -0.25) is 28.5 Å². The van der Waals surface area contributed by atoms with Crippen molar-refractivity contribution in [2.24, 2.45) is 23.2 Å². The maximum atomic E-state index is 14.2. The quantitative estimate of drug-likeness (QED) is 0.0107. The predicted octanol–water partition coefficient (Wildman–Crippen LogP) is -1.63. The van der Waals surface area contributed by atoms with Gasteiger partial charge in [-0.15, -0.1) is 4.67 Å². The molecule has 4 fully saturated rings. The second-order valence-electron chi connectivity index (χ2n) is 23.3. The molecular weight excluding hydrogens is 1150 g/mol. The molecule has 30 heteroatoms. The highest BCUT2D eigenvalue weighted by Crippen LogP contribution is 2.47. The number of hydrogen-bond acceptors (Lipinski definition) is 27. The van der Waals surface area contributed by atoms with Crippen molar-refractivity contribution in [2.75, 3.05) is 92.4 Å². The molecule has 0 saturated carbocycles. The van der Waals surface area contributed by atoms with Crippen LogP contribution in [0.2, 0.25) is 0 Å². The molecule has 0 aromatic rings. The number of hydrogen-bond donors (Lipinski definition) is 11. The molecule has 18 atom stereocenters. The first-order valence-electron chi connectivity index (χ1n) is 29.4. The smallest absolute Gasteiger partial charge is 0.357 e. The van der Waals surface area contributed by atoms with E-state index in [4.69, 9.17) is 52.2 Å². The number of Topliss-reactive ketones (excluding diaryl/α,β-unsaturated/α-hetero) is 4. The summed E-state index contributed by atoms with van der Waals surface area (Å²) in [6.07, 6.45) is -13.5. The highest BCUT2D eigenvalue weighted by Gasteiger charge is 2.46. The van der Waals surface area contributed by atoms with Gasteiger partial charge in [0.25, 0.3) is 0 Å². The van der Waals surface area contributed by atoms with Crippen molar-refractivity contribution in [3.05, 3.63) is 0 Å². The lowest BCUT2D eigenvalue weighted by molar-refractivity contribution is -0.282. The summed E-state index contributed by atoms with van der Waals surface area (Å²) < 4.78 is 69.1. The van der Waals surface area contributed by atoms with Gasteiger partial charge in [-0.05, 0) is 44.9 Å². The average Bonchev–Trinajstić information content (AvgIpc) is 3.57. The number of aliphatic hydroxyl groups excluding tert-OH is 10. The van der Waals surface area contributed by atoms with E-state index >= 15 is 0 Å². The van der Waals surface area contributed by atoms with Crippen molar-refractivity contribution in [1.82, 2.24) is 4.90 Å². The van der Waals surface area contributed by atoms with Crippen LogP contribution in [-0.2, 0) is 80.7 Å². The van der Waals surface area contributed by atoms with Crippen molar-refractivity contribution >= 4 is 36.6 Å². The second kappa shape index (κ2) is 37.6. The molecule has 0 aromatic heterocycles. The number of ketones is 4. The fourth-order valence-electron chi connectivity index (χ4n) is 10.1. The Balaban J connectivity index is 1.43. The molecular formula is C55H96NO28P. The Labute approximate surface area is 495 Å². The van der Waals surface area contributed by atoms with E-state index < -0.39 is 213 Å². The van der Waals surface area contributed by atoms with E-state index in [9.17, 15) is 84.5 Å². The third-order valence-electron chi connectivity index (χ3n) is 15.7. The first-order chi connectivity index (χ1) is 40.3. The van der Waals surface area contributed by atoms with Gasteiger partial charge >= 0.3 is 7.60 Å². The van der Waals surface area contributed by atoms with Crippen LogP contribution in [0.3, 0.4) is 0 Å². The molecule has 4 saturated heterocycles. The Morgan fingerprint density at radius 3 is 1.27 bits per heavy atom. The van der Waals surface area contributed by atoms with E-state index in [1.807, 2.05) is 0 Å².